The van der Waals surface area contributed by atoms with Gasteiger partial charge in [0.1, 0.15) is 11.2 Å². The van der Waals surface area contributed by atoms with E-state index in [4.69, 9.17) is 9.47 Å². The van der Waals surface area contributed by atoms with Gasteiger partial charge in [-0.3, -0.25) is 4.79 Å². The van der Waals surface area contributed by atoms with Crippen LogP contribution in [0.25, 0.3) is 0 Å². The van der Waals surface area contributed by atoms with Crippen LogP contribution in [0, 0.1) is 0 Å². The lowest BCUT2D eigenvalue weighted by atomic mass is 10.0. The topological polar surface area (TPSA) is 100 Å². The molecule has 2 aromatic rings. The molecule has 1 aromatic carbocycles. The fraction of sp³-hybridized carbons (Fsp3) is 0.368. The summed E-state index contributed by atoms with van der Waals surface area (Å²) in [6.07, 6.45) is -0.308. The molecule has 1 aromatic heterocycles. The molecule has 3 heterocycles. The number of hydrogen-bond donors (Lipinski definition) is 3. The summed E-state index contributed by atoms with van der Waals surface area (Å²) in [6, 6.07) is 5.15. The fourth-order valence-corrected chi connectivity index (χ4v) is 4.87. The van der Waals surface area contributed by atoms with Gasteiger partial charge in [-0.1, -0.05) is 12.1 Å². The van der Waals surface area contributed by atoms with Crippen molar-refractivity contribution in [3.63, 3.8) is 0 Å². The van der Waals surface area contributed by atoms with E-state index in [0.717, 1.165) is 15.4 Å². The van der Waals surface area contributed by atoms with E-state index < -0.39 is 6.17 Å². The summed E-state index contributed by atoms with van der Waals surface area (Å²) < 4.78 is 10.2. The molecule has 0 fully saturated rings. The summed E-state index contributed by atoms with van der Waals surface area (Å²) in [6.45, 7) is 3.05. The maximum atomic E-state index is 12.8. The van der Waals surface area contributed by atoms with Crippen molar-refractivity contribution >= 4 is 28.3 Å². The molecular formula is C19H21N3O5S. The molecule has 0 radical (unpaired) electrons. The quantitative estimate of drug-likeness (QED) is 0.729. The van der Waals surface area contributed by atoms with Crippen LogP contribution in [0.15, 0.2) is 18.2 Å². The Kier molecular flexibility index (Phi) is 4.76. The van der Waals surface area contributed by atoms with E-state index in [1.807, 2.05) is 0 Å². The molecule has 1 atom stereocenters. The van der Waals surface area contributed by atoms with Crippen LogP contribution >= 0.6 is 11.3 Å². The minimum absolute atomic E-state index is 0.0129. The lowest BCUT2D eigenvalue weighted by Crippen LogP contribution is -2.39. The molecule has 0 spiro atoms. The number of rotatable bonds is 3. The van der Waals surface area contributed by atoms with Crippen molar-refractivity contribution < 1.29 is 24.2 Å². The summed E-state index contributed by atoms with van der Waals surface area (Å²) in [7, 11) is 1.48. The van der Waals surface area contributed by atoms with Crippen LogP contribution in [-0.4, -0.2) is 42.3 Å². The average molecular weight is 403 g/mol. The molecule has 0 saturated carbocycles. The first kappa shape index (κ1) is 18.4. The van der Waals surface area contributed by atoms with Crippen molar-refractivity contribution in [3.05, 3.63) is 39.8 Å². The van der Waals surface area contributed by atoms with Gasteiger partial charge in [-0.15, -0.1) is 11.3 Å². The number of thiophene rings is 1. The molecular weight excluding hydrogens is 382 g/mol. The predicted molar refractivity (Wildman–Crippen MR) is 104 cm³/mol. The molecule has 148 valence electrons. The van der Waals surface area contributed by atoms with E-state index in [1.165, 1.54) is 18.4 Å². The van der Waals surface area contributed by atoms with Gasteiger partial charge in [0, 0.05) is 17.0 Å². The summed E-state index contributed by atoms with van der Waals surface area (Å²) in [5.74, 6) is 0.138. The smallest absolute Gasteiger partial charge is 0.410 e. The molecule has 3 N–H and O–H groups in total. The number of phenols is 1. The van der Waals surface area contributed by atoms with Crippen LogP contribution in [0.5, 0.6) is 11.5 Å². The normalized spacial score (nSPS) is 17.9. The number of phenolic OH excluding ortho intramolecular Hbond substituents is 1. The lowest BCUT2D eigenvalue weighted by molar-refractivity contribution is 0.0933. The van der Waals surface area contributed by atoms with Crippen molar-refractivity contribution in [2.24, 2.45) is 0 Å². The van der Waals surface area contributed by atoms with E-state index in [-0.39, 0.29) is 17.7 Å². The molecule has 2 aliphatic heterocycles. The zero-order valence-corrected chi connectivity index (χ0v) is 16.4. The number of anilines is 1. The Hall–Kier alpha value is -2.94. The van der Waals surface area contributed by atoms with E-state index in [9.17, 15) is 14.7 Å². The van der Waals surface area contributed by atoms with Crippen LogP contribution in [0.3, 0.4) is 0 Å². The number of hydrogen-bond acceptors (Lipinski definition) is 7. The zero-order chi connectivity index (χ0) is 19.8. The molecule has 0 aliphatic carbocycles. The van der Waals surface area contributed by atoms with Crippen molar-refractivity contribution in [1.29, 1.82) is 0 Å². The number of benzene rings is 1. The van der Waals surface area contributed by atoms with E-state index in [2.05, 4.69) is 10.6 Å². The number of para-hydroxylation sites is 1. The molecule has 0 unspecified atom stereocenters. The molecule has 2 amide bonds. The Bertz CT molecular complexity index is 942. The SMILES string of the molecule is CCOC(=O)N1CCc2c(sc3c2C(=O)N[C@@H](c2cccc(OC)c2O)N3)C1. The number of amides is 2. The highest BCUT2D eigenvalue weighted by atomic mass is 32.1. The van der Waals surface area contributed by atoms with Gasteiger partial charge in [-0.05, 0) is 25.0 Å². The number of nitrogens with zero attached hydrogens (tertiary/aromatic N) is 1. The minimum atomic E-state index is -0.573. The Morgan fingerprint density at radius 1 is 1.39 bits per heavy atom. The largest absolute Gasteiger partial charge is 0.504 e. The van der Waals surface area contributed by atoms with Crippen LogP contribution in [0.1, 0.15) is 39.5 Å². The van der Waals surface area contributed by atoms with E-state index in [1.54, 1.807) is 30.0 Å². The van der Waals surface area contributed by atoms with E-state index in [0.29, 0.717) is 43.0 Å². The molecule has 9 heteroatoms. The Morgan fingerprint density at radius 2 is 2.21 bits per heavy atom. The number of fused-ring (bicyclic) bond motifs is 3. The maximum Gasteiger partial charge on any atom is 0.410 e. The standard InChI is InChI=1S/C19H21N3O5S/c1-3-27-19(25)22-8-7-10-13(9-22)28-18-14(10)17(24)20-16(21-18)11-5-4-6-12(26-2)15(11)23/h4-6,16,21,23H,3,7-9H2,1-2H3,(H,20,24)/t16-/m1/s1. The van der Waals surface area contributed by atoms with Crippen molar-refractivity contribution in [2.75, 3.05) is 25.6 Å². The highest BCUT2D eigenvalue weighted by molar-refractivity contribution is 7.16. The molecule has 2 aliphatic rings. The van der Waals surface area contributed by atoms with Gasteiger partial charge in [0.05, 0.1) is 25.8 Å². The second-order valence-electron chi connectivity index (χ2n) is 6.53. The first-order chi connectivity index (χ1) is 13.5. The lowest BCUT2D eigenvalue weighted by Gasteiger charge is -2.28. The van der Waals surface area contributed by atoms with Crippen LogP contribution < -0.4 is 15.4 Å². The summed E-state index contributed by atoms with van der Waals surface area (Å²) in [5, 5.41) is 17.4. The number of methoxy groups -OCH3 is 1. The van der Waals surface area contributed by atoms with Crippen molar-refractivity contribution in [2.45, 2.75) is 26.1 Å². The van der Waals surface area contributed by atoms with Gasteiger partial charge >= 0.3 is 6.09 Å². The first-order valence-corrected chi connectivity index (χ1v) is 9.84. The third-order valence-corrected chi connectivity index (χ3v) is 6.07. The monoisotopic (exact) mass is 403 g/mol. The number of carbonyl (C=O) groups is 2. The summed E-state index contributed by atoms with van der Waals surface area (Å²) in [4.78, 5) is 27.5. The molecule has 28 heavy (non-hydrogen) atoms. The number of ether oxygens (including phenoxy) is 2. The third kappa shape index (κ3) is 3.01. The Morgan fingerprint density at radius 3 is 2.96 bits per heavy atom. The Balaban J connectivity index is 1.62. The maximum absolute atomic E-state index is 12.8. The average Bonchev–Trinajstić information content (AvgIpc) is 3.06. The van der Waals surface area contributed by atoms with Gasteiger partial charge in [0.25, 0.3) is 5.91 Å². The van der Waals surface area contributed by atoms with Gasteiger partial charge in [0.15, 0.2) is 11.5 Å². The molecule has 0 bridgehead atoms. The highest BCUT2D eigenvalue weighted by Gasteiger charge is 2.35. The second-order valence-corrected chi connectivity index (χ2v) is 7.63. The number of aromatic hydroxyl groups is 1. The first-order valence-electron chi connectivity index (χ1n) is 9.03. The number of nitrogens with one attached hydrogen (secondary N) is 2. The van der Waals surface area contributed by atoms with Crippen LogP contribution in [-0.2, 0) is 17.7 Å². The molecule has 4 rings (SSSR count). The minimum Gasteiger partial charge on any atom is -0.504 e. The Labute approximate surface area is 166 Å². The van der Waals surface area contributed by atoms with E-state index >= 15 is 0 Å². The van der Waals surface area contributed by atoms with Crippen molar-refractivity contribution in [3.8, 4) is 11.5 Å². The zero-order valence-electron chi connectivity index (χ0n) is 15.6. The van der Waals surface area contributed by atoms with Crippen LogP contribution in [0.2, 0.25) is 0 Å². The van der Waals surface area contributed by atoms with Gasteiger partial charge in [-0.2, -0.15) is 0 Å². The second kappa shape index (κ2) is 7.23. The molecule has 8 nitrogen and oxygen atoms in total. The third-order valence-electron chi connectivity index (χ3n) is 4.92. The fourth-order valence-electron chi connectivity index (χ4n) is 3.58. The van der Waals surface area contributed by atoms with Crippen LogP contribution in [0.4, 0.5) is 9.80 Å². The van der Waals surface area contributed by atoms with Crippen molar-refractivity contribution in [1.82, 2.24) is 10.2 Å². The summed E-state index contributed by atoms with van der Waals surface area (Å²) in [5.41, 5.74) is 2.12. The highest BCUT2D eigenvalue weighted by Crippen LogP contribution is 2.42. The van der Waals surface area contributed by atoms with Gasteiger partial charge in [0.2, 0.25) is 0 Å². The van der Waals surface area contributed by atoms with Gasteiger partial charge < -0.3 is 30.1 Å². The summed E-state index contributed by atoms with van der Waals surface area (Å²) >= 11 is 1.46. The predicted octanol–water partition coefficient (Wildman–Crippen LogP) is 2.83. The number of carbonyl (C=O) groups excluding carboxylic acids is 2. The molecule has 0 saturated heterocycles. The van der Waals surface area contributed by atoms with Gasteiger partial charge in [-0.25, -0.2) is 4.79 Å².